The molecule has 0 bridgehead atoms. The van der Waals surface area contributed by atoms with Gasteiger partial charge in [0.15, 0.2) is 5.82 Å². The lowest BCUT2D eigenvalue weighted by Crippen LogP contribution is -2.23. The molecule has 2 rings (SSSR count). The van der Waals surface area contributed by atoms with Crippen molar-refractivity contribution in [1.82, 2.24) is 0 Å². The minimum absolute atomic E-state index is 0.101. The second-order valence-electron chi connectivity index (χ2n) is 3.99. The van der Waals surface area contributed by atoms with Crippen LogP contribution in [0.4, 0.5) is 15.8 Å². The van der Waals surface area contributed by atoms with Gasteiger partial charge in [0.1, 0.15) is 0 Å². The van der Waals surface area contributed by atoms with Crippen LogP contribution in [0.1, 0.15) is 6.42 Å². The van der Waals surface area contributed by atoms with Crippen molar-refractivity contribution in [3.05, 3.63) is 34.1 Å². The van der Waals surface area contributed by atoms with Crippen molar-refractivity contribution in [1.29, 1.82) is 0 Å². The van der Waals surface area contributed by atoms with Crippen LogP contribution in [-0.4, -0.2) is 31.2 Å². The highest BCUT2D eigenvalue weighted by Gasteiger charge is 2.25. The Morgan fingerprint density at radius 1 is 1.59 bits per heavy atom. The van der Waals surface area contributed by atoms with E-state index in [4.69, 9.17) is 4.74 Å². The second kappa shape index (κ2) is 4.67. The maximum absolute atomic E-state index is 13.7. The van der Waals surface area contributed by atoms with Crippen molar-refractivity contribution in [2.75, 3.05) is 25.1 Å². The van der Waals surface area contributed by atoms with Crippen LogP contribution in [0.3, 0.4) is 0 Å². The predicted molar refractivity (Wildman–Crippen MR) is 60.7 cm³/mol. The zero-order valence-corrected chi connectivity index (χ0v) is 9.43. The van der Waals surface area contributed by atoms with E-state index >= 15 is 0 Å². The smallest absolute Gasteiger partial charge is 0.272 e. The van der Waals surface area contributed by atoms with Gasteiger partial charge in [-0.15, -0.1) is 0 Å². The maximum atomic E-state index is 13.7. The molecular formula is C11H13FN2O3. The second-order valence-corrected chi connectivity index (χ2v) is 3.99. The van der Waals surface area contributed by atoms with Gasteiger partial charge in [-0.2, -0.15) is 0 Å². The summed E-state index contributed by atoms with van der Waals surface area (Å²) in [5.74, 6) is -0.559. The molecule has 0 saturated carbocycles. The van der Waals surface area contributed by atoms with Gasteiger partial charge in [0, 0.05) is 26.3 Å². The van der Waals surface area contributed by atoms with Crippen LogP contribution >= 0.6 is 0 Å². The van der Waals surface area contributed by atoms with E-state index in [1.807, 2.05) is 4.90 Å². The van der Waals surface area contributed by atoms with Crippen LogP contribution in [0.5, 0.6) is 0 Å². The van der Waals surface area contributed by atoms with Gasteiger partial charge < -0.3 is 9.64 Å². The topological polar surface area (TPSA) is 55.6 Å². The highest BCUT2D eigenvalue weighted by atomic mass is 19.1. The highest BCUT2D eigenvalue weighted by molar-refractivity contribution is 5.53. The van der Waals surface area contributed by atoms with Crippen LogP contribution < -0.4 is 4.90 Å². The van der Waals surface area contributed by atoms with Crippen molar-refractivity contribution in [3.63, 3.8) is 0 Å². The fraction of sp³-hybridized carbons (Fsp3) is 0.455. The molecule has 1 aromatic rings. The summed E-state index contributed by atoms with van der Waals surface area (Å²) in [5, 5.41) is 10.5. The van der Waals surface area contributed by atoms with E-state index in [-0.39, 0.29) is 11.8 Å². The number of nitro benzene ring substituents is 1. The van der Waals surface area contributed by atoms with Crippen molar-refractivity contribution < 1.29 is 14.1 Å². The summed E-state index contributed by atoms with van der Waals surface area (Å²) in [6, 6.07) is 3.72. The summed E-state index contributed by atoms with van der Waals surface area (Å²) in [6.45, 7) is 1.32. The minimum Gasteiger partial charge on any atom is -0.380 e. The third kappa shape index (κ3) is 2.36. The van der Waals surface area contributed by atoms with Crippen LogP contribution in [-0.2, 0) is 4.74 Å². The molecule has 0 aliphatic carbocycles. The van der Waals surface area contributed by atoms with Crippen molar-refractivity contribution >= 4 is 11.4 Å². The molecular weight excluding hydrogens is 227 g/mol. The van der Waals surface area contributed by atoms with Crippen LogP contribution in [0.2, 0.25) is 0 Å². The fourth-order valence-corrected chi connectivity index (χ4v) is 2.01. The summed E-state index contributed by atoms with van der Waals surface area (Å²) in [4.78, 5) is 11.7. The summed E-state index contributed by atoms with van der Waals surface area (Å²) in [5.41, 5.74) is 0.170. The van der Waals surface area contributed by atoms with Crippen molar-refractivity contribution in [2.24, 2.45) is 0 Å². The Labute approximate surface area is 97.9 Å². The van der Waals surface area contributed by atoms with E-state index in [9.17, 15) is 14.5 Å². The summed E-state index contributed by atoms with van der Waals surface area (Å²) < 4.78 is 18.9. The molecule has 1 fully saturated rings. The first-order valence-corrected chi connectivity index (χ1v) is 5.33. The average molecular weight is 240 g/mol. The molecule has 1 aliphatic heterocycles. The van der Waals surface area contributed by atoms with Gasteiger partial charge in [-0.25, -0.2) is 4.39 Å². The molecule has 1 heterocycles. The zero-order valence-electron chi connectivity index (χ0n) is 9.43. The number of benzene rings is 1. The van der Waals surface area contributed by atoms with Gasteiger partial charge in [-0.3, -0.25) is 10.1 Å². The normalized spacial score (nSPS) is 19.6. The molecule has 0 radical (unpaired) electrons. The number of halogens is 1. The molecule has 1 atom stereocenters. The predicted octanol–water partition coefficient (Wildman–Crippen LogP) is 1.96. The molecule has 0 N–H and O–H groups in total. The average Bonchev–Trinajstić information content (AvgIpc) is 2.77. The number of hydrogen-bond acceptors (Lipinski definition) is 4. The molecule has 17 heavy (non-hydrogen) atoms. The number of non-ortho nitro benzene ring substituents is 1. The number of rotatable bonds is 3. The first kappa shape index (κ1) is 11.8. The standard InChI is InChI=1S/C11H13FN2O3/c1-17-9-4-5-13(7-9)11-3-2-8(14(15)16)6-10(11)12/h2-3,6,9H,4-5,7H2,1H3/t9-/m0/s1. The maximum Gasteiger partial charge on any atom is 0.272 e. The number of anilines is 1. The lowest BCUT2D eigenvalue weighted by molar-refractivity contribution is -0.385. The number of nitro groups is 1. The van der Waals surface area contributed by atoms with Crippen LogP contribution in [0.25, 0.3) is 0 Å². The fourth-order valence-electron chi connectivity index (χ4n) is 2.01. The first-order valence-electron chi connectivity index (χ1n) is 5.33. The van der Waals surface area contributed by atoms with E-state index < -0.39 is 10.7 Å². The van der Waals surface area contributed by atoms with Gasteiger partial charge in [0.2, 0.25) is 0 Å². The lowest BCUT2D eigenvalue weighted by atomic mass is 10.2. The molecule has 92 valence electrons. The third-order valence-electron chi connectivity index (χ3n) is 2.96. The van der Waals surface area contributed by atoms with E-state index in [2.05, 4.69) is 0 Å². The van der Waals surface area contributed by atoms with Crippen molar-refractivity contribution in [3.8, 4) is 0 Å². The Morgan fingerprint density at radius 3 is 2.88 bits per heavy atom. The Bertz CT molecular complexity index is 439. The molecule has 1 saturated heterocycles. The number of nitrogens with zero attached hydrogens (tertiary/aromatic N) is 2. The molecule has 0 spiro atoms. The van der Waals surface area contributed by atoms with E-state index in [1.54, 1.807) is 7.11 Å². The molecule has 1 aliphatic rings. The molecule has 5 nitrogen and oxygen atoms in total. The summed E-state index contributed by atoms with van der Waals surface area (Å²) in [7, 11) is 1.63. The molecule has 0 amide bonds. The summed E-state index contributed by atoms with van der Waals surface area (Å²) in [6.07, 6.45) is 0.942. The van der Waals surface area contributed by atoms with E-state index in [0.29, 0.717) is 18.8 Å². The SMILES string of the molecule is CO[C@H]1CCN(c2ccc([N+](=O)[O-])cc2F)C1. The molecule has 0 unspecified atom stereocenters. The first-order chi connectivity index (χ1) is 8.11. The molecule has 1 aromatic carbocycles. The molecule has 0 aromatic heterocycles. The lowest BCUT2D eigenvalue weighted by Gasteiger charge is -2.18. The van der Waals surface area contributed by atoms with Gasteiger partial charge in [-0.05, 0) is 12.5 Å². The van der Waals surface area contributed by atoms with Crippen LogP contribution in [0.15, 0.2) is 18.2 Å². The largest absolute Gasteiger partial charge is 0.380 e. The van der Waals surface area contributed by atoms with Crippen molar-refractivity contribution in [2.45, 2.75) is 12.5 Å². The Balaban J connectivity index is 2.20. The third-order valence-corrected chi connectivity index (χ3v) is 2.96. The van der Waals surface area contributed by atoms with E-state index in [1.165, 1.54) is 12.1 Å². The van der Waals surface area contributed by atoms with Gasteiger partial charge in [0.05, 0.1) is 22.8 Å². The number of ether oxygens (including phenoxy) is 1. The number of methoxy groups -OCH3 is 1. The number of hydrogen-bond donors (Lipinski definition) is 0. The molecule has 6 heteroatoms. The van der Waals surface area contributed by atoms with Gasteiger partial charge in [0.25, 0.3) is 5.69 Å². The van der Waals surface area contributed by atoms with Gasteiger partial charge >= 0.3 is 0 Å². The minimum atomic E-state index is -0.602. The Kier molecular flexibility index (Phi) is 3.23. The Morgan fingerprint density at radius 2 is 2.35 bits per heavy atom. The van der Waals surface area contributed by atoms with E-state index in [0.717, 1.165) is 12.5 Å². The Hall–Kier alpha value is -1.69. The highest BCUT2D eigenvalue weighted by Crippen LogP contribution is 2.27. The summed E-state index contributed by atoms with van der Waals surface area (Å²) >= 11 is 0. The van der Waals surface area contributed by atoms with Crippen LogP contribution in [0, 0.1) is 15.9 Å². The van der Waals surface area contributed by atoms with Gasteiger partial charge in [-0.1, -0.05) is 0 Å². The quantitative estimate of drug-likeness (QED) is 0.598. The zero-order chi connectivity index (χ0) is 12.4. The monoisotopic (exact) mass is 240 g/mol.